The van der Waals surface area contributed by atoms with Gasteiger partial charge in [-0.05, 0) is 40.2 Å². The summed E-state index contributed by atoms with van der Waals surface area (Å²) in [5.41, 5.74) is 0.489. The van der Waals surface area contributed by atoms with Gasteiger partial charge in [0.15, 0.2) is 0 Å². The highest BCUT2D eigenvalue weighted by Crippen LogP contribution is 2.29. The number of para-hydroxylation sites is 1. The Bertz CT molecular complexity index is 874. The van der Waals surface area contributed by atoms with Gasteiger partial charge >= 0.3 is 0 Å². The summed E-state index contributed by atoms with van der Waals surface area (Å²) in [5, 5.41) is 0. The molecule has 0 spiro atoms. The maximum absolute atomic E-state index is 12.7. The van der Waals surface area contributed by atoms with Crippen LogP contribution < -0.4 is 4.74 Å². The van der Waals surface area contributed by atoms with E-state index in [0.717, 1.165) is 3.79 Å². The molecule has 2 heterocycles. The number of piperazine rings is 1. The standard InChI is InChI=1S/C16H17BrN2O4S2/c1-23-13-5-3-2-4-12(13)16(20)18-8-10-19(11-9-18)25(21,22)15-7-6-14(17)24-15/h2-7H,8-11H2,1H3. The summed E-state index contributed by atoms with van der Waals surface area (Å²) in [4.78, 5) is 14.3. The summed E-state index contributed by atoms with van der Waals surface area (Å²) in [5.74, 6) is 0.374. The number of carbonyl (C=O) groups is 1. The van der Waals surface area contributed by atoms with Gasteiger partial charge in [-0.3, -0.25) is 4.79 Å². The van der Waals surface area contributed by atoms with Crippen molar-refractivity contribution in [2.75, 3.05) is 33.3 Å². The highest BCUT2D eigenvalue weighted by atomic mass is 79.9. The predicted molar refractivity (Wildman–Crippen MR) is 99.7 cm³/mol. The van der Waals surface area contributed by atoms with Gasteiger partial charge in [0.2, 0.25) is 0 Å². The number of thiophene rings is 1. The predicted octanol–water partition coefficient (Wildman–Crippen LogP) is 2.67. The topological polar surface area (TPSA) is 66.9 Å². The first-order chi connectivity index (χ1) is 11.9. The van der Waals surface area contributed by atoms with E-state index in [2.05, 4.69) is 15.9 Å². The minimum absolute atomic E-state index is 0.145. The van der Waals surface area contributed by atoms with Gasteiger partial charge in [0, 0.05) is 26.2 Å². The zero-order valence-corrected chi connectivity index (χ0v) is 16.7. The lowest BCUT2D eigenvalue weighted by Crippen LogP contribution is -2.50. The number of ether oxygens (including phenoxy) is 1. The van der Waals surface area contributed by atoms with Crippen LogP contribution in [0.5, 0.6) is 5.75 Å². The molecule has 134 valence electrons. The Balaban J connectivity index is 1.70. The van der Waals surface area contributed by atoms with E-state index in [1.165, 1.54) is 22.8 Å². The van der Waals surface area contributed by atoms with Crippen molar-refractivity contribution in [3.05, 3.63) is 45.7 Å². The lowest BCUT2D eigenvalue weighted by molar-refractivity contribution is 0.0694. The van der Waals surface area contributed by atoms with Crippen molar-refractivity contribution in [1.29, 1.82) is 0 Å². The Labute approximate surface area is 159 Å². The molecule has 0 atom stereocenters. The molecule has 1 aliphatic heterocycles. The number of hydrogen-bond donors (Lipinski definition) is 0. The van der Waals surface area contributed by atoms with Gasteiger partial charge < -0.3 is 9.64 Å². The van der Waals surface area contributed by atoms with Crippen molar-refractivity contribution in [2.24, 2.45) is 0 Å². The quantitative estimate of drug-likeness (QED) is 0.726. The monoisotopic (exact) mass is 444 g/mol. The molecule has 1 aliphatic rings. The van der Waals surface area contributed by atoms with Crippen molar-refractivity contribution in [1.82, 2.24) is 9.21 Å². The van der Waals surface area contributed by atoms with Crippen molar-refractivity contribution in [2.45, 2.75) is 4.21 Å². The SMILES string of the molecule is COc1ccccc1C(=O)N1CCN(S(=O)(=O)c2ccc(Br)s2)CC1. The van der Waals surface area contributed by atoms with Crippen molar-refractivity contribution in [3.8, 4) is 5.75 Å². The second-order valence-corrected chi connectivity index (χ2v) is 10.1. The fourth-order valence-electron chi connectivity index (χ4n) is 2.69. The molecular weight excluding hydrogens is 428 g/mol. The highest BCUT2D eigenvalue weighted by molar-refractivity contribution is 9.11. The van der Waals surface area contributed by atoms with E-state index < -0.39 is 10.0 Å². The average molecular weight is 445 g/mol. The molecule has 0 radical (unpaired) electrons. The third kappa shape index (κ3) is 3.74. The van der Waals surface area contributed by atoms with Crippen LogP contribution in [0.25, 0.3) is 0 Å². The van der Waals surface area contributed by atoms with Gasteiger partial charge in [0.1, 0.15) is 9.96 Å². The second kappa shape index (κ2) is 7.45. The zero-order valence-electron chi connectivity index (χ0n) is 13.5. The molecule has 1 aromatic carbocycles. The Morgan fingerprint density at radius 1 is 1.12 bits per heavy atom. The van der Waals surface area contributed by atoms with Crippen LogP contribution in [0, 0.1) is 0 Å². The fourth-order valence-corrected chi connectivity index (χ4v) is 6.27. The lowest BCUT2D eigenvalue weighted by atomic mass is 10.1. The number of halogens is 1. The molecule has 1 amide bonds. The largest absolute Gasteiger partial charge is 0.496 e. The van der Waals surface area contributed by atoms with Crippen LogP contribution in [0.4, 0.5) is 0 Å². The molecular formula is C16H17BrN2O4S2. The number of methoxy groups -OCH3 is 1. The molecule has 0 bridgehead atoms. The number of carbonyl (C=O) groups excluding carboxylic acids is 1. The molecule has 9 heteroatoms. The first kappa shape index (κ1) is 18.4. The normalized spacial score (nSPS) is 16.0. The summed E-state index contributed by atoms with van der Waals surface area (Å²) in [6.07, 6.45) is 0. The Morgan fingerprint density at radius 2 is 1.80 bits per heavy atom. The number of benzene rings is 1. The smallest absolute Gasteiger partial charge is 0.257 e. The van der Waals surface area contributed by atoms with E-state index in [4.69, 9.17) is 4.74 Å². The minimum atomic E-state index is -3.51. The molecule has 0 saturated carbocycles. The summed E-state index contributed by atoms with van der Waals surface area (Å²) < 4.78 is 33.0. The molecule has 2 aromatic rings. The van der Waals surface area contributed by atoms with Gasteiger partial charge in [-0.15, -0.1) is 11.3 Å². The van der Waals surface area contributed by atoms with Gasteiger partial charge in [-0.1, -0.05) is 12.1 Å². The molecule has 6 nitrogen and oxygen atoms in total. The third-order valence-corrected chi connectivity index (χ3v) is 8.00. The van der Waals surface area contributed by atoms with Crippen LogP contribution in [-0.2, 0) is 10.0 Å². The van der Waals surface area contributed by atoms with E-state index in [0.29, 0.717) is 28.6 Å². The molecule has 3 rings (SSSR count). The lowest BCUT2D eigenvalue weighted by Gasteiger charge is -2.34. The van der Waals surface area contributed by atoms with Crippen LogP contribution in [0.2, 0.25) is 0 Å². The van der Waals surface area contributed by atoms with Crippen LogP contribution in [-0.4, -0.2) is 56.8 Å². The second-order valence-electron chi connectivity index (χ2n) is 5.46. The number of sulfonamides is 1. The Kier molecular flexibility index (Phi) is 5.47. The van der Waals surface area contributed by atoms with Gasteiger partial charge in [0.25, 0.3) is 15.9 Å². The van der Waals surface area contributed by atoms with Crippen molar-refractivity contribution in [3.63, 3.8) is 0 Å². The number of rotatable bonds is 4. The van der Waals surface area contributed by atoms with Gasteiger partial charge in [-0.25, -0.2) is 8.42 Å². The van der Waals surface area contributed by atoms with Crippen LogP contribution in [0.1, 0.15) is 10.4 Å². The zero-order chi connectivity index (χ0) is 18.0. The molecule has 1 saturated heterocycles. The number of amides is 1. The van der Waals surface area contributed by atoms with Crippen molar-refractivity contribution < 1.29 is 17.9 Å². The summed E-state index contributed by atoms with van der Waals surface area (Å²) in [7, 11) is -1.99. The van der Waals surface area contributed by atoms with E-state index >= 15 is 0 Å². The van der Waals surface area contributed by atoms with E-state index in [-0.39, 0.29) is 19.0 Å². The van der Waals surface area contributed by atoms with Gasteiger partial charge in [-0.2, -0.15) is 4.31 Å². The molecule has 1 aromatic heterocycles. The number of nitrogens with zero attached hydrogens (tertiary/aromatic N) is 2. The van der Waals surface area contributed by atoms with Crippen LogP contribution in [0.15, 0.2) is 44.4 Å². The first-order valence-electron chi connectivity index (χ1n) is 7.61. The van der Waals surface area contributed by atoms with Crippen molar-refractivity contribution >= 4 is 43.2 Å². The highest BCUT2D eigenvalue weighted by Gasteiger charge is 2.31. The molecule has 1 fully saturated rings. The fraction of sp³-hybridized carbons (Fsp3) is 0.312. The number of hydrogen-bond acceptors (Lipinski definition) is 5. The molecule has 0 aliphatic carbocycles. The Morgan fingerprint density at radius 3 is 2.40 bits per heavy atom. The van der Waals surface area contributed by atoms with Crippen LogP contribution in [0.3, 0.4) is 0 Å². The van der Waals surface area contributed by atoms with Crippen LogP contribution >= 0.6 is 27.3 Å². The average Bonchev–Trinajstić information content (AvgIpc) is 3.08. The third-order valence-electron chi connectivity index (χ3n) is 4.01. The molecule has 25 heavy (non-hydrogen) atoms. The maximum Gasteiger partial charge on any atom is 0.257 e. The van der Waals surface area contributed by atoms with E-state index in [1.807, 2.05) is 0 Å². The molecule has 0 N–H and O–H groups in total. The summed E-state index contributed by atoms with van der Waals surface area (Å²) >= 11 is 4.47. The van der Waals surface area contributed by atoms with E-state index in [1.54, 1.807) is 41.3 Å². The molecule has 0 unspecified atom stereocenters. The Hall–Kier alpha value is -1.42. The summed E-state index contributed by atoms with van der Waals surface area (Å²) in [6.45, 7) is 1.25. The van der Waals surface area contributed by atoms with Gasteiger partial charge in [0.05, 0.1) is 16.5 Å². The minimum Gasteiger partial charge on any atom is -0.496 e. The van der Waals surface area contributed by atoms with E-state index in [9.17, 15) is 13.2 Å². The first-order valence-corrected chi connectivity index (χ1v) is 10.7. The summed E-state index contributed by atoms with van der Waals surface area (Å²) in [6, 6.07) is 10.4. The maximum atomic E-state index is 12.7.